The minimum Gasteiger partial charge on any atom is -0.508 e. The van der Waals surface area contributed by atoms with Crippen LogP contribution in [0.5, 0.6) is 74.7 Å². The predicted octanol–water partition coefficient (Wildman–Crippen LogP) is 18.3. The lowest BCUT2D eigenvalue weighted by molar-refractivity contribution is 0.104. The quantitative estimate of drug-likeness (QED) is 0.0126. The maximum Gasteiger partial charge on any atom is 0.189 e. The summed E-state index contributed by atoms with van der Waals surface area (Å²) in [6.45, 7) is -0.239. The molecule has 8 aromatic carbocycles. The first-order valence-electron chi connectivity index (χ1n) is 36.6. The molecule has 0 saturated carbocycles. The summed E-state index contributed by atoms with van der Waals surface area (Å²) < 4.78 is 76.4. The lowest BCUT2D eigenvalue weighted by atomic mass is 10.1. The molecule has 26 nitrogen and oxygen atoms in total. The standard InChI is InChI=1S/C25H26N2O6.C24H24N2O5.C22H19FN2O3.C22H20N2O4/c1-30-21-10-8-16(12-22(21)31-2)7-9-20(29)19-6-5-11-26-25(19)27-18-13-17(15-28)24(33-4)23(14-18)32-3;1-28-20-11-8-16(14-22(20)30-3)7-10-19(27)18-6-5-13-25-24(18)26-17-9-12-21(29-2)23(15-17)31-4;1-27-20-12-6-15(14-21(20)28-2)5-11-19(26)18-4-3-13-24-22(18)25-17-9-7-16(23)8-10-17;1-27-20-12-6-15(14-21(20)28-2)5-11-19(26)18-4-3-13-23-22(18)24-16-7-9-17(25)10-8-16/h5-14,28H,15H2,1-4H3,(H,26,27);5-15H,1-4H3,(H,25,26);3-14H,1-2H3,(H,24,25);3-14,25H,1-2H3,(H,23,24)/b9-7+;10-7+;2*11-5+. The first-order chi connectivity index (χ1) is 58.3. The molecule has 4 heterocycles. The van der Waals surface area contributed by atoms with Crippen LogP contribution in [0.1, 0.15) is 69.2 Å². The van der Waals surface area contributed by atoms with Crippen molar-refractivity contribution in [1.82, 2.24) is 19.9 Å². The van der Waals surface area contributed by atoms with Crippen molar-refractivity contribution in [3.05, 3.63) is 305 Å². The molecule has 0 aliphatic heterocycles. The largest absolute Gasteiger partial charge is 0.508 e. The average molecular weight is 1630 g/mol. The van der Waals surface area contributed by atoms with E-state index in [0.717, 1.165) is 27.9 Å². The third-order valence-corrected chi connectivity index (χ3v) is 17.5. The topological polar surface area (TPSA) is 319 Å². The fourth-order valence-electron chi connectivity index (χ4n) is 11.5. The maximum atomic E-state index is 13.1. The highest BCUT2D eigenvalue weighted by molar-refractivity contribution is 6.12. The number of aromatic hydroxyl groups is 1. The molecule has 4 aromatic heterocycles. The molecule has 0 aliphatic carbocycles. The van der Waals surface area contributed by atoms with Crippen molar-refractivity contribution in [2.24, 2.45) is 0 Å². The molecule has 12 aromatic rings. The third kappa shape index (κ3) is 24.5. The van der Waals surface area contributed by atoms with E-state index in [-0.39, 0.29) is 41.3 Å². The summed E-state index contributed by atoms with van der Waals surface area (Å²) in [5.74, 6) is 7.55. The number of carbonyl (C=O) groups excluding carboxylic acids is 4. The van der Waals surface area contributed by atoms with Gasteiger partial charge in [0.2, 0.25) is 0 Å². The number of carbonyl (C=O) groups is 4. The molecule has 0 saturated heterocycles. The average Bonchev–Trinajstić information content (AvgIpc) is 0.840. The smallest absolute Gasteiger partial charge is 0.189 e. The van der Waals surface area contributed by atoms with Crippen LogP contribution in [-0.2, 0) is 6.61 Å². The van der Waals surface area contributed by atoms with Crippen LogP contribution in [0.4, 0.5) is 50.4 Å². The minimum absolute atomic E-state index is 0.167. The van der Waals surface area contributed by atoms with Gasteiger partial charge in [-0.3, -0.25) is 19.2 Å². The second kappa shape index (κ2) is 45.0. The Hall–Kier alpha value is -15.5. The normalized spacial score (nSPS) is 10.7. The zero-order valence-corrected chi connectivity index (χ0v) is 67.8. The van der Waals surface area contributed by atoms with Gasteiger partial charge in [0, 0.05) is 65.2 Å². The summed E-state index contributed by atoms with van der Waals surface area (Å²) in [5, 5.41) is 31.5. The van der Waals surface area contributed by atoms with E-state index in [0.29, 0.717) is 137 Å². The summed E-state index contributed by atoms with van der Waals surface area (Å²) >= 11 is 0. The maximum absolute atomic E-state index is 13.1. The summed E-state index contributed by atoms with van der Waals surface area (Å²) in [5.41, 5.74) is 8.06. The fourth-order valence-corrected chi connectivity index (χ4v) is 11.5. The van der Waals surface area contributed by atoms with Crippen molar-refractivity contribution < 1.29 is 90.6 Å². The zero-order valence-electron chi connectivity index (χ0n) is 67.8. The third-order valence-electron chi connectivity index (χ3n) is 17.5. The monoisotopic (exact) mass is 1620 g/mol. The van der Waals surface area contributed by atoms with Crippen molar-refractivity contribution in [3.8, 4) is 74.7 Å². The van der Waals surface area contributed by atoms with E-state index >= 15 is 0 Å². The van der Waals surface area contributed by atoms with E-state index in [9.17, 15) is 33.8 Å². The number of phenolic OH excluding ortho intramolecular Hbond substituents is 1. The number of aromatic nitrogens is 4. The number of phenols is 1. The van der Waals surface area contributed by atoms with E-state index in [1.165, 1.54) is 50.7 Å². The predicted molar refractivity (Wildman–Crippen MR) is 461 cm³/mol. The number of nitrogens with one attached hydrogen (secondary N) is 4. The molecule has 27 heteroatoms. The van der Waals surface area contributed by atoms with Gasteiger partial charge in [-0.1, -0.05) is 48.6 Å². The van der Waals surface area contributed by atoms with Crippen LogP contribution in [0.3, 0.4) is 0 Å². The summed E-state index contributed by atoms with van der Waals surface area (Å²) in [6.07, 6.45) is 19.1. The lowest BCUT2D eigenvalue weighted by Gasteiger charge is -2.15. The summed E-state index contributed by atoms with van der Waals surface area (Å²) in [4.78, 5) is 68.3. The van der Waals surface area contributed by atoms with E-state index < -0.39 is 0 Å². The van der Waals surface area contributed by atoms with Crippen LogP contribution in [-0.4, -0.2) is 139 Å². The molecular formula is C93H89FN8O18. The van der Waals surface area contributed by atoms with E-state index in [1.807, 2.05) is 30.3 Å². The number of benzene rings is 8. The highest BCUT2D eigenvalue weighted by atomic mass is 19.1. The van der Waals surface area contributed by atoms with Crippen molar-refractivity contribution in [2.45, 2.75) is 6.61 Å². The number of hydrogen-bond donors (Lipinski definition) is 6. The zero-order chi connectivity index (χ0) is 85.9. The van der Waals surface area contributed by atoms with Crippen molar-refractivity contribution >= 4 is 93.5 Å². The Labute approximate surface area is 693 Å². The van der Waals surface area contributed by atoms with Gasteiger partial charge < -0.3 is 88.3 Å². The van der Waals surface area contributed by atoms with Gasteiger partial charge >= 0.3 is 0 Å². The number of aliphatic hydroxyl groups is 1. The fraction of sp³-hybridized carbons (Fsp3) is 0.140. The molecule has 0 unspecified atom stereocenters. The molecule has 0 bridgehead atoms. The number of ketones is 4. The Morgan fingerprint density at radius 3 is 0.875 bits per heavy atom. The molecule has 0 atom stereocenters. The number of anilines is 8. The van der Waals surface area contributed by atoms with Crippen LogP contribution in [0, 0.1) is 5.82 Å². The number of halogens is 1. The Morgan fingerprint density at radius 2 is 0.575 bits per heavy atom. The summed E-state index contributed by atoms with van der Waals surface area (Å²) in [6, 6.07) is 56.4. The Kier molecular flexibility index (Phi) is 33.1. The Bertz CT molecular complexity index is 5440. The van der Waals surface area contributed by atoms with Gasteiger partial charge in [-0.05, 0) is 210 Å². The molecule has 0 aliphatic rings. The van der Waals surface area contributed by atoms with Crippen LogP contribution >= 0.6 is 0 Å². The Balaban J connectivity index is 0.000000182. The van der Waals surface area contributed by atoms with Gasteiger partial charge in [0.05, 0.1) is 114 Å². The van der Waals surface area contributed by atoms with Gasteiger partial charge in [-0.25, -0.2) is 24.3 Å². The molecule has 6 N–H and O–H groups in total. The van der Waals surface area contributed by atoms with Crippen molar-refractivity contribution in [1.29, 1.82) is 0 Å². The number of rotatable bonds is 33. The summed E-state index contributed by atoms with van der Waals surface area (Å²) in [7, 11) is 18.7. The van der Waals surface area contributed by atoms with Gasteiger partial charge in [0.15, 0.2) is 92.1 Å². The number of pyridine rings is 4. The molecule has 0 radical (unpaired) electrons. The molecule has 120 heavy (non-hydrogen) atoms. The van der Waals surface area contributed by atoms with E-state index in [2.05, 4.69) is 41.2 Å². The highest BCUT2D eigenvalue weighted by Gasteiger charge is 2.19. The van der Waals surface area contributed by atoms with Gasteiger partial charge in [0.1, 0.15) is 34.8 Å². The number of aliphatic hydroxyl groups excluding tert-OH is 1. The van der Waals surface area contributed by atoms with Crippen LogP contribution in [0.2, 0.25) is 0 Å². The number of nitrogens with zero attached hydrogens (tertiary/aromatic N) is 4. The van der Waals surface area contributed by atoms with Crippen LogP contribution in [0.25, 0.3) is 24.3 Å². The first kappa shape index (κ1) is 88.4. The second-order valence-corrected chi connectivity index (χ2v) is 25.0. The van der Waals surface area contributed by atoms with Crippen molar-refractivity contribution in [3.63, 3.8) is 0 Å². The number of allylic oxidation sites excluding steroid dienone is 4. The number of hydrogen-bond acceptors (Lipinski definition) is 26. The minimum atomic E-state index is -0.333. The number of ether oxygens (including phenoxy) is 12. The van der Waals surface area contributed by atoms with Gasteiger partial charge in [-0.15, -0.1) is 0 Å². The second-order valence-electron chi connectivity index (χ2n) is 25.0. The van der Waals surface area contributed by atoms with Crippen LogP contribution in [0.15, 0.2) is 249 Å². The lowest BCUT2D eigenvalue weighted by Crippen LogP contribution is -2.05. The molecule has 12 rings (SSSR count). The first-order valence-corrected chi connectivity index (χ1v) is 36.6. The number of methoxy groups -OCH3 is 12. The van der Waals surface area contributed by atoms with Gasteiger partial charge in [0.25, 0.3) is 0 Å². The Morgan fingerprint density at radius 1 is 0.308 bits per heavy atom. The van der Waals surface area contributed by atoms with E-state index in [1.54, 1.807) is 278 Å². The van der Waals surface area contributed by atoms with Gasteiger partial charge in [-0.2, -0.15) is 0 Å². The molecule has 0 spiro atoms. The molecule has 0 amide bonds. The molecule has 0 fully saturated rings. The molecular weight excluding hydrogens is 1540 g/mol. The van der Waals surface area contributed by atoms with Crippen LogP contribution < -0.4 is 78.1 Å². The molecule has 616 valence electrons. The highest BCUT2D eigenvalue weighted by Crippen LogP contribution is 2.38. The SMILES string of the molecule is COc1ccc(/C=C/C(=O)c2cccnc2Nc2cc(CO)c(OC)c(OC)c2)cc1OC.COc1ccc(/C=C/C(=O)c2cccnc2Nc2ccc(F)cc2)cc1OC.COc1ccc(/C=C/C(=O)c2cccnc2Nc2ccc(O)cc2)cc1OC.COc1ccc(/C=C/C(=O)c2cccnc2Nc2ccc(OC)c(OC)c2)cc1OC. The van der Waals surface area contributed by atoms with E-state index in [4.69, 9.17) is 56.8 Å². The van der Waals surface area contributed by atoms with Crippen molar-refractivity contribution in [2.75, 3.05) is 107 Å².